The van der Waals surface area contributed by atoms with E-state index in [-0.39, 0.29) is 0 Å². The third-order valence-corrected chi connectivity index (χ3v) is 2.83. The number of aromatic nitrogens is 4. The van der Waals surface area contributed by atoms with E-state index in [4.69, 9.17) is 4.74 Å². The van der Waals surface area contributed by atoms with Crippen molar-refractivity contribution >= 4 is 6.21 Å². The second kappa shape index (κ2) is 5.40. The van der Waals surface area contributed by atoms with E-state index in [0.717, 1.165) is 17.0 Å². The lowest BCUT2D eigenvalue weighted by atomic mass is 10.3. The molecule has 0 radical (unpaired) electrons. The van der Waals surface area contributed by atoms with Crippen LogP contribution in [-0.2, 0) is 0 Å². The Hall–Kier alpha value is -2.89. The van der Waals surface area contributed by atoms with Crippen molar-refractivity contribution in [2.45, 2.75) is 0 Å². The zero-order valence-corrected chi connectivity index (χ0v) is 10.9. The van der Waals surface area contributed by atoms with Crippen molar-refractivity contribution in [1.29, 1.82) is 0 Å². The molecule has 0 unspecified atom stereocenters. The van der Waals surface area contributed by atoms with Crippen LogP contribution >= 0.6 is 0 Å². The number of methoxy groups -OCH3 is 1. The molecule has 0 atom stereocenters. The summed E-state index contributed by atoms with van der Waals surface area (Å²) in [7, 11) is 1.66. The van der Waals surface area contributed by atoms with Gasteiger partial charge in [-0.3, -0.25) is 0 Å². The first-order valence-corrected chi connectivity index (χ1v) is 6.06. The van der Waals surface area contributed by atoms with E-state index < -0.39 is 0 Å². The van der Waals surface area contributed by atoms with Gasteiger partial charge in [0.1, 0.15) is 18.4 Å². The zero-order valence-electron chi connectivity index (χ0n) is 10.9. The van der Waals surface area contributed by atoms with E-state index in [0.29, 0.717) is 0 Å². The van der Waals surface area contributed by atoms with Crippen LogP contribution in [0.2, 0.25) is 0 Å². The minimum atomic E-state index is 0.843. The van der Waals surface area contributed by atoms with Gasteiger partial charge in [0.05, 0.1) is 13.3 Å². The summed E-state index contributed by atoms with van der Waals surface area (Å²) in [4.78, 5) is 0. The molecule has 0 aliphatic heterocycles. The van der Waals surface area contributed by atoms with Crippen molar-refractivity contribution in [3.63, 3.8) is 0 Å². The molecule has 0 spiro atoms. The van der Waals surface area contributed by atoms with E-state index in [1.807, 2.05) is 47.3 Å². The topological polar surface area (TPSA) is 57.2 Å². The molecule has 20 heavy (non-hydrogen) atoms. The molecule has 0 saturated heterocycles. The summed E-state index contributed by atoms with van der Waals surface area (Å²) in [5.41, 5.74) is 2.06. The highest BCUT2D eigenvalue weighted by molar-refractivity contribution is 5.79. The lowest BCUT2D eigenvalue weighted by molar-refractivity contribution is 0.415. The average molecular weight is 267 g/mol. The number of benzene rings is 1. The standard InChI is InChI=1S/C14H13N5O/c1-20-14-4-2-13(3-5-14)18-7-6-12(9-18)8-17-19-10-15-16-11-19/h2-11H,1H3/b17-8-. The SMILES string of the molecule is COc1ccc(-n2ccc(/C=N\n3cnnc3)c2)cc1. The Morgan fingerprint density at radius 2 is 1.85 bits per heavy atom. The van der Waals surface area contributed by atoms with Crippen LogP contribution in [0.15, 0.2) is 60.5 Å². The van der Waals surface area contributed by atoms with E-state index in [9.17, 15) is 0 Å². The lowest BCUT2D eigenvalue weighted by Crippen LogP contribution is -1.90. The summed E-state index contributed by atoms with van der Waals surface area (Å²) in [5.74, 6) is 0.843. The van der Waals surface area contributed by atoms with Gasteiger partial charge in [0.25, 0.3) is 0 Å². The maximum absolute atomic E-state index is 5.15. The summed E-state index contributed by atoms with van der Waals surface area (Å²) < 4.78 is 8.71. The largest absolute Gasteiger partial charge is 0.497 e. The van der Waals surface area contributed by atoms with E-state index in [1.165, 1.54) is 12.7 Å². The summed E-state index contributed by atoms with van der Waals surface area (Å²) >= 11 is 0. The van der Waals surface area contributed by atoms with Crippen LogP contribution in [-0.4, -0.2) is 32.8 Å². The molecule has 3 rings (SSSR count). The Bertz CT molecular complexity index is 698. The van der Waals surface area contributed by atoms with Gasteiger partial charge in [-0.1, -0.05) is 0 Å². The van der Waals surface area contributed by atoms with E-state index in [1.54, 1.807) is 18.0 Å². The summed E-state index contributed by atoms with van der Waals surface area (Å²) in [5, 5.41) is 11.6. The maximum atomic E-state index is 5.15. The number of rotatable bonds is 4. The predicted molar refractivity (Wildman–Crippen MR) is 75.3 cm³/mol. The van der Waals surface area contributed by atoms with Crippen LogP contribution in [0.3, 0.4) is 0 Å². The second-order valence-corrected chi connectivity index (χ2v) is 4.14. The van der Waals surface area contributed by atoms with Crippen molar-refractivity contribution in [2.24, 2.45) is 5.10 Å². The second-order valence-electron chi connectivity index (χ2n) is 4.14. The number of hydrogen-bond acceptors (Lipinski definition) is 4. The fraction of sp³-hybridized carbons (Fsp3) is 0.0714. The fourth-order valence-corrected chi connectivity index (χ4v) is 1.79. The molecule has 0 saturated carbocycles. The molecule has 100 valence electrons. The molecule has 0 aliphatic rings. The summed E-state index contributed by atoms with van der Waals surface area (Å²) in [6.45, 7) is 0. The van der Waals surface area contributed by atoms with Gasteiger partial charge in [-0.2, -0.15) is 5.10 Å². The quantitative estimate of drug-likeness (QED) is 0.679. The monoisotopic (exact) mass is 267 g/mol. The Balaban J connectivity index is 1.79. The Kier molecular flexibility index (Phi) is 3.28. The molecule has 0 N–H and O–H groups in total. The smallest absolute Gasteiger partial charge is 0.141 e. The average Bonchev–Trinajstić information content (AvgIpc) is 3.17. The van der Waals surface area contributed by atoms with Crippen LogP contribution in [0.1, 0.15) is 5.56 Å². The van der Waals surface area contributed by atoms with Crippen molar-refractivity contribution in [3.8, 4) is 11.4 Å². The Labute approximate surface area is 116 Å². The fourth-order valence-electron chi connectivity index (χ4n) is 1.79. The molecule has 0 amide bonds. The Morgan fingerprint density at radius 1 is 1.10 bits per heavy atom. The van der Waals surface area contributed by atoms with Gasteiger partial charge in [-0.25, -0.2) is 4.68 Å². The highest BCUT2D eigenvalue weighted by Crippen LogP contribution is 2.15. The van der Waals surface area contributed by atoms with Crippen molar-refractivity contribution in [2.75, 3.05) is 7.11 Å². The molecule has 6 heteroatoms. The van der Waals surface area contributed by atoms with Crippen LogP contribution in [0.4, 0.5) is 0 Å². The van der Waals surface area contributed by atoms with Crippen molar-refractivity contribution in [3.05, 3.63) is 60.9 Å². The van der Waals surface area contributed by atoms with Crippen LogP contribution < -0.4 is 4.74 Å². The molecule has 2 heterocycles. The minimum Gasteiger partial charge on any atom is -0.497 e. The number of nitrogens with zero attached hydrogens (tertiary/aromatic N) is 5. The molecule has 3 aromatic rings. The third-order valence-electron chi connectivity index (χ3n) is 2.83. The predicted octanol–water partition coefficient (Wildman–Crippen LogP) is 1.96. The highest BCUT2D eigenvalue weighted by atomic mass is 16.5. The first kappa shape index (κ1) is 12.2. The third kappa shape index (κ3) is 2.59. The van der Waals surface area contributed by atoms with Crippen molar-refractivity contribution < 1.29 is 4.74 Å². The van der Waals surface area contributed by atoms with Gasteiger partial charge in [0.2, 0.25) is 0 Å². The number of hydrogen-bond donors (Lipinski definition) is 0. The van der Waals surface area contributed by atoms with Gasteiger partial charge in [-0.15, -0.1) is 10.2 Å². The first-order chi connectivity index (χ1) is 9.85. The van der Waals surface area contributed by atoms with Gasteiger partial charge in [-0.05, 0) is 30.3 Å². The van der Waals surface area contributed by atoms with Gasteiger partial charge in [0, 0.05) is 23.6 Å². The highest BCUT2D eigenvalue weighted by Gasteiger charge is 1.98. The molecular formula is C14H13N5O. The molecule has 6 nitrogen and oxygen atoms in total. The lowest BCUT2D eigenvalue weighted by Gasteiger charge is -2.04. The van der Waals surface area contributed by atoms with Crippen LogP contribution in [0.5, 0.6) is 5.75 Å². The van der Waals surface area contributed by atoms with E-state index >= 15 is 0 Å². The van der Waals surface area contributed by atoms with Crippen LogP contribution in [0, 0.1) is 0 Å². The van der Waals surface area contributed by atoms with Gasteiger partial charge >= 0.3 is 0 Å². The van der Waals surface area contributed by atoms with Crippen LogP contribution in [0.25, 0.3) is 5.69 Å². The van der Waals surface area contributed by atoms with Gasteiger partial charge < -0.3 is 9.30 Å². The summed E-state index contributed by atoms with van der Waals surface area (Å²) in [6.07, 6.45) is 8.81. The molecule has 2 aromatic heterocycles. The normalized spacial score (nSPS) is 11.1. The van der Waals surface area contributed by atoms with Crippen molar-refractivity contribution in [1.82, 2.24) is 19.4 Å². The molecule has 0 fully saturated rings. The molecule has 0 aliphatic carbocycles. The molecule has 1 aromatic carbocycles. The van der Waals surface area contributed by atoms with E-state index in [2.05, 4.69) is 15.3 Å². The maximum Gasteiger partial charge on any atom is 0.141 e. The molecule has 0 bridgehead atoms. The molecular weight excluding hydrogens is 254 g/mol. The first-order valence-electron chi connectivity index (χ1n) is 6.06. The summed E-state index contributed by atoms with van der Waals surface area (Å²) in [6, 6.07) is 9.84. The Morgan fingerprint density at radius 3 is 2.55 bits per heavy atom. The van der Waals surface area contributed by atoms with Gasteiger partial charge in [0.15, 0.2) is 0 Å². The minimum absolute atomic E-state index is 0.843. The zero-order chi connectivity index (χ0) is 13.8. The number of ether oxygens (including phenoxy) is 1.